The third-order valence-electron chi connectivity index (χ3n) is 11.0. The molecule has 204 valence electrons. The fourth-order valence-electron chi connectivity index (χ4n) is 8.65. The number of rotatable bonds is 3. The SMILES string of the molecule is Cc1ccc(C#CC(=O)N(C)[C@@H]2CC[C@@]3(O)[C@H]4Cc5ccc(O)c6c5[C@@]3(CCN4CC3CC3)[C@@]2(C)O6)cc1C. The molecule has 2 aliphatic heterocycles. The first-order chi connectivity index (χ1) is 18.6. The maximum Gasteiger partial charge on any atom is 0.298 e. The van der Waals surface area contributed by atoms with Gasteiger partial charge >= 0.3 is 0 Å². The molecule has 39 heavy (non-hydrogen) atoms. The molecule has 2 heterocycles. The average molecular weight is 527 g/mol. The van der Waals surface area contributed by atoms with Gasteiger partial charge in [-0.15, -0.1) is 0 Å². The number of amides is 1. The van der Waals surface area contributed by atoms with Gasteiger partial charge < -0.3 is 19.8 Å². The predicted molar refractivity (Wildman–Crippen MR) is 149 cm³/mol. The molecule has 0 radical (unpaired) electrons. The number of hydrogen-bond donors (Lipinski definition) is 2. The predicted octanol–water partition coefficient (Wildman–Crippen LogP) is 3.84. The molecular weight excluding hydrogens is 488 g/mol. The van der Waals surface area contributed by atoms with Crippen molar-refractivity contribution >= 4 is 5.91 Å². The van der Waals surface area contributed by atoms with Crippen molar-refractivity contribution in [3.8, 4) is 23.3 Å². The second kappa shape index (κ2) is 8.25. The Morgan fingerprint density at radius 1 is 1.15 bits per heavy atom. The van der Waals surface area contributed by atoms with E-state index >= 15 is 0 Å². The molecule has 3 aliphatic carbocycles. The lowest BCUT2D eigenvalue weighted by Gasteiger charge is -2.67. The minimum Gasteiger partial charge on any atom is -0.504 e. The van der Waals surface area contributed by atoms with E-state index in [-0.39, 0.29) is 23.7 Å². The van der Waals surface area contributed by atoms with Crippen LogP contribution in [0.4, 0.5) is 0 Å². The van der Waals surface area contributed by atoms with Crippen LogP contribution in [0, 0.1) is 31.6 Å². The highest BCUT2D eigenvalue weighted by molar-refractivity contribution is 5.94. The van der Waals surface area contributed by atoms with Gasteiger partial charge in [0.1, 0.15) is 5.60 Å². The van der Waals surface area contributed by atoms with E-state index in [9.17, 15) is 15.0 Å². The van der Waals surface area contributed by atoms with E-state index in [0.717, 1.165) is 54.1 Å². The van der Waals surface area contributed by atoms with Gasteiger partial charge in [0.15, 0.2) is 11.5 Å². The number of aryl methyl sites for hydroxylation is 2. The van der Waals surface area contributed by atoms with Crippen molar-refractivity contribution in [2.75, 3.05) is 20.1 Å². The fourth-order valence-corrected chi connectivity index (χ4v) is 8.65. The molecule has 2 aromatic carbocycles. The number of piperidine rings is 1. The highest BCUT2D eigenvalue weighted by atomic mass is 16.5. The third kappa shape index (κ3) is 3.27. The molecular formula is C33H38N2O4. The summed E-state index contributed by atoms with van der Waals surface area (Å²) in [5.74, 6) is 7.02. The summed E-state index contributed by atoms with van der Waals surface area (Å²) in [5.41, 5.74) is 2.70. The van der Waals surface area contributed by atoms with Crippen LogP contribution in [-0.2, 0) is 16.6 Å². The van der Waals surface area contributed by atoms with Crippen LogP contribution in [0.2, 0.25) is 0 Å². The van der Waals surface area contributed by atoms with E-state index in [1.165, 1.54) is 18.4 Å². The normalized spacial score (nSPS) is 34.0. The quantitative estimate of drug-likeness (QED) is 0.595. The summed E-state index contributed by atoms with van der Waals surface area (Å²) in [5, 5.41) is 23.7. The summed E-state index contributed by atoms with van der Waals surface area (Å²) in [6.45, 7) is 8.09. The van der Waals surface area contributed by atoms with Crippen LogP contribution < -0.4 is 4.74 Å². The van der Waals surface area contributed by atoms with Crippen molar-refractivity contribution < 1.29 is 19.7 Å². The first-order valence-electron chi connectivity index (χ1n) is 14.5. The lowest BCUT2D eigenvalue weighted by Crippen LogP contribution is -2.82. The van der Waals surface area contributed by atoms with E-state index < -0.39 is 16.6 Å². The third-order valence-corrected chi connectivity index (χ3v) is 11.0. The zero-order valence-corrected chi connectivity index (χ0v) is 23.4. The number of phenolic OH excluding ortho intramolecular Hbond substituents is 1. The topological polar surface area (TPSA) is 73.2 Å². The molecule has 5 atom stereocenters. The van der Waals surface area contributed by atoms with E-state index in [2.05, 4.69) is 30.6 Å². The first kappa shape index (κ1) is 25.0. The maximum atomic E-state index is 13.5. The molecule has 3 fully saturated rings. The lowest BCUT2D eigenvalue weighted by atomic mass is 9.44. The Morgan fingerprint density at radius 3 is 2.69 bits per heavy atom. The summed E-state index contributed by atoms with van der Waals surface area (Å²) in [7, 11) is 1.81. The first-order valence-corrected chi connectivity index (χ1v) is 14.5. The van der Waals surface area contributed by atoms with Gasteiger partial charge in [0, 0.05) is 36.7 Å². The molecule has 7 rings (SSSR count). The summed E-state index contributed by atoms with van der Waals surface area (Å²) in [6, 6.07) is 9.44. The number of phenols is 1. The Labute approximate surface area is 231 Å². The highest BCUT2D eigenvalue weighted by Crippen LogP contribution is 2.69. The monoisotopic (exact) mass is 526 g/mol. The van der Waals surface area contributed by atoms with Crippen molar-refractivity contribution in [1.29, 1.82) is 0 Å². The van der Waals surface area contributed by atoms with Gasteiger partial charge in [-0.2, -0.15) is 0 Å². The standard InChI is InChI=1S/C33H38N2O4/c1-20-5-6-22(17-21(20)2)9-12-28(37)34(4)26-13-14-33(38)27-18-24-10-11-25(36)30-29(24)32(33,31(26,3)39-30)15-16-35(27)19-23-7-8-23/h5-6,10-11,17,23,26-27,36,38H,7-8,13-16,18-19H2,1-4H3/t26-,27-,31+,32+,33-/m1/s1. The highest BCUT2D eigenvalue weighted by Gasteiger charge is 2.78. The summed E-state index contributed by atoms with van der Waals surface area (Å²) >= 11 is 0. The van der Waals surface area contributed by atoms with E-state index in [4.69, 9.17) is 4.74 Å². The minimum absolute atomic E-state index is 0.00398. The summed E-state index contributed by atoms with van der Waals surface area (Å²) < 4.78 is 6.80. The van der Waals surface area contributed by atoms with Gasteiger partial charge in [0.05, 0.1) is 17.1 Å². The van der Waals surface area contributed by atoms with Crippen LogP contribution >= 0.6 is 0 Å². The summed E-state index contributed by atoms with van der Waals surface area (Å²) in [6.07, 6.45) is 5.24. The van der Waals surface area contributed by atoms with Gasteiger partial charge in [0.2, 0.25) is 0 Å². The van der Waals surface area contributed by atoms with Crippen molar-refractivity contribution in [1.82, 2.24) is 9.80 Å². The Morgan fingerprint density at radius 2 is 1.95 bits per heavy atom. The number of hydrogen-bond acceptors (Lipinski definition) is 5. The van der Waals surface area contributed by atoms with Crippen LogP contribution in [0.1, 0.15) is 66.8 Å². The van der Waals surface area contributed by atoms with Crippen LogP contribution in [0.25, 0.3) is 0 Å². The van der Waals surface area contributed by atoms with Gasteiger partial charge in [0.25, 0.3) is 5.91 Å². The lowest BCUT2D eigenvalue weighted by molar-refractivity contribution is -0.229. The number of aliphatic hydroxyl groups is 1. The molecule has 1 amide bonds. The molecule has 1 spiro atoms. The number of likely N-dealkylation sites (N-methyl/N-ethyl adjacent to an activating group) is 1. The molecule has 0 aromatic heterocycles. The Kier molecular flexibility index (Phi) is 5.29. The number of carbonyl (C=O) groups excluding carboxylic acids is 1. The molecule has 5 aliphatic rings. The van der Waals surface area contributed by atoms with Crippen LogP contribution in [0.3, 0.4) is 0 Å². The second-order valence-electron chi connectivity index (χ2n) is 12.9. The molecule has 0 unspecified atom stereocenters. The Bertz CT molecular complexity index is 1450. The largest absolute Gasteiger partial charge is 0.504 e. The number of ether oxygens (including phenoxy) is 1. The minimum atomic E-state index is -0.994. The number of likely N-dealkylation sites (tertiary alicyclic amines) is 1. The zero-order valence-electron chi connectivity index (χ0n) is 23.4. The van der Waals surface area contributed by atoms with Crippen molar-refractivity contribution in [3.63, 3.8) is 0 Å². The van der Waals surface area contributed by atoms with Crippen molar-refractivity contribution in [2.24, 2.45) is 5.92 Å². The Hall–Kier alpha value is -3.01. The number of nitrogens with zero attached hydrogens (tertiary/aromatic N) is 2. The van der Waals surface area contributed by atoms with Crippen molar-refractivity contribution in [2.45, 2.75) is 88.0 Å². The number of benzene rings is 2. The van der Waals surface area contributed by atoms with Crippen LogP contribution in [0.15, 0.2) is 30.3 Å². The van der Waals surface area contributed by atoms with E-state index in [0.29, 0.717) is 18.6 Å². The fraction of sp³-hybridized carbons (Fsp3) is 0.545. The zero-order chi connectivity index (χ0) is 27.3. The van der Waals surface area contributed by atoms with Crippen LogP contribution in [-0.4, -0.2) is 69.3 Å². The maximum absolute atomic E-state index is 13.5. The van der Waals surface area contributed by atoms with Gasteiger partial charge in [-0.25, -0.2) is 0 Å². The van der Waals surface area contributed by atoms with E-state index in [1.807, 2.05) is 38.2 Å². The molecule has 6 nitrogen and oxygen atoms in total. The molecule has 1 saturated heterocycles. The molecule has 2 saturated carbocycles. The van der Waals surface area contributed by atoms with Crippen LogP contribution in [0.5, 0.6) is 11.5 Å². The average Bonchev–Trinajstić information content (AvgIpc) is 3.67. The molecule has 2 aromatic rings. The van der Waals surface area contributed by atoms with Gasteiger partial charge in [-0.3, -0.25) is 9.69 Å². The number of carbonyl (C=O) groups is 1. The van der Waals surface area contributed by atoms with Gasteiger partial charge in [-0.05, 0) is 107 Å². The second-order valence-corrected chi connectivity index (χ2v) is 12.9. The van der Waals surface area contributed by atoms with Crippen molar-refractivity contribution in [3.05, 3.63) is 58.1 Å². The van der Waals surface area contributed by atoms with Gasteiger partial charge in [-0.1, -0.05) is 18.1 Å². The smallest absolute Gasteiger partial charge is 0.298 e. The summed E-state index contributed by atoms with van der Waals surface area (Å²) in [4.78, 5) is 17.8. The molecule has 2 bridgehead atoms. The van der Waals surface area contributed by atoms with E-state index in [1.54, 1.807) is 11.0 Å². The Balaban J connectivity index is 1.28. The molecule has 2 N–H and O–H groups in total. The molecule has 6 heteroatoms. The number of aromatic hydroxyl groups is 1.